The van der Waals surface area contributed by atoms with Gasteiger partial charge >= 0.3 is 0 Å². The highest BCUT2D eigenvalue weighted by Gasteiger charge is 2.62. The molecular weight excluding hydrogens is 476 g/mol. The molecule has 0 amide bonds. The molecule has 4 aromatic carbocycles. The van der Waals surface area contributed by atoms with E-state index in [2.05, 4.69) is 10.6 Å². The standard InChI is InChI=1S/C31H26N4O3/c36-31-25-27(21-13-5-1-6-14-21)34(32-37)29(23-17-9-3-10-18-23)26(31)30(24-19-11-4-12-20-24)35(33-38)28(25)22-15-7-2-8-16-22/h1-20,25-30H/t25?,26?,27-,28-,29+,30+. The number of ketones is 1. The molecule has 4 aromatic rings. The molecule has 0 aromatic heterocycles. The number of fused-ring (bicyclic) bond motifs is 2. The zero-order valence-electron chi connectivity index (χ0n) is 20.5. The van der Waals surface area contributed by atoms with Gasteiger partial charge < -0.3 is 0 Å². The molecule has 38 heavy (non-hydrogen) atoms. The smallest absolute Gasteiger partial charge is 0.148 e. The second-order valence-electron chi connectivity index (χ2n) is 9.80. The summed E-state index contributed by atoms with van der Waals surface area (Å²) in [6, 6.07) is 35.1. The molecule has 188 valence electrons. The average Bonchev–Trinajstić information content (AvgIpc) is 2.98. The molecular formula is C31H26N4O3. The van der Waals surface area contributed by atoms with Crippen LogP contribution in [0, 0.1) is 21.6 Å². The van der Waals surface area contributed by atoms with E-state index in [1.807, 2.05) is 121 Å². The Balaban J connectivity index is 1.64. The van der Waals surface area contributed by atoms with Gasteiger partial charge in [-0.3, -0.25) is 4.79 Å². The quantitative estimate of drug-likeness (QED) is 0.273. The van der Waals surface area contributed by atoms with Crippen LogP contribution in [0.4, 0.5) is 0 Å². The third kappa shape index (κ3) is 3.78. The van der Waals surface area contributed by atoms with E-state index in [0.29, 0.717) is 0 Å². The summed E-state index contributed by atoms with van der Waals surface area (Å²) in [5.41, 5.74) is 3.15. The lowest BCUT2D eigenvalue weighted by atomic mass is 9.63. The van der Waals surface area contributed by atoms with Crippen LogP contribution in [0.2, 0.25) is 0 Å². The molecule has 0 unspecified atom stereocenters. The maximum Gasteiger partial charge on any atom is 0.148 e. The first-order chi connectivity index (χ1) is 18.7. The first-order valence-corrected chi connectivity index (χ1v) is 12.7. The first kappa shape index (κ1) is 23.7. The van der Waals surface area contributed by atoms with Crippen molar-refractivity contribution in [2.45, 2.75) is 24.2 Å². The topological polar surface area (TPSA) is 82.4 Å². The maximum atomic E-state index is 14.7. The van der Waals surface area contributed by atoms with Gasteiger partial charge in [0.15, 0.2) is 0 Å². The number of carbonyl (C=O) groups is 1. The van der Waals surface area contributed by atoms with Gasteiger partial charge in [0.05, 0.1) is 46.6 Å². The maximum absolute atomic E-state index is 14.7. The van der Waals surface area contributed by atoms with Gasteiger partial charge in [0.25, 0.3) is 0 Å². The summed E-state index contributed by atoms with van der Waals surface area (Å²) in [6.07, 6.45) is 0. The molecule has 2 bridgehead atoms. The molecule has 0 saturated carbocycles. The molecule has 7 heteroatoms. The first-order valence-electron chi connectivity index (χ1n) is 12.7. The number of nitrogens with zero attached hydrogens (tertiary/aromatic N) is 4. The fourth-order valence-corrected chi connectivity index (χ4v) is 6.44. The highest BCUT2D eigenvalue weighted by molar-refractivity contribution is 5.89. The van der Waals surface area contributed by atoms with Crippen molar-refractivity contribution < 1.29 is 4.79 Å². The number of rotatable bonds is 6. The lowest BCUT2D eigenvalue weighted by Crippen LogP contribution is -2.60. The van der Waals surface area contributed by atoms with Crippen molar-refractivity contribution in [2.24, 2.45) is 22.4 Å². The number of Topliss-reactive ketones (excluding diaryl/α,β-unsaturated/α-hetero) is 1. The number of hydrogen-bond acceptors (Lipinski definition) is 5. The molecule has 0 aliphatic carbocycles. The number of hydrogen-bond donors (Lipinski definition) is 0. The summed E-state index contributed by atoms with van der Waals surface area (Å²) in [6.45, 7) is 0. The van der Waals surface area contributed by atoms with Crippen LogP contribution in [0.1, 0.15) is 46.4 Å². The van der Waals surface area contributed by atoms with E-state index in [-0.39, 0.29) is 5.78 Å². The number of carbonyl (C=O) groups excluding carboxylic acids is 1. The Morgan fingerprint density at radius 1 is 0.421 bits per heavy atom. The normalized spacial score (nSPS) is 26.6. The Morgan fingerprint density at radius 2 is 0.658 bits per heavy atom. The van der Waals surface area contributed by atoms with Crippen molar-refractivity contribution in [1.29, 1.82) is 0 Å². The van der Waals surface area contributed by atoms with Gasteiger partial charge in [-0.15, -0.1) is 9.81 Å². The molecule has 6 rings (SSSR count). The summed E-state index contributed by atoms with van der Waals surface area (Å²) < 4.78 is 0. The fraction of sp³-hybridized carbons (Fsp3) is 0.194. The molecule has 2 aliphatic heterocycles. The molecule has 7 nitrogen and oxygen atoms in total. The van der Waals surface area contributed by atoms with Gasteiger partial charge in [-0.2, -0.15) is 0 Å². The van der Waals surface area contributed by atoms with Crippen molar-refractivity contribution in [2.75, 3.05) is 0 Å². The zero-order chi connectivity index (χ0) is 26.1. The Morgan fingerprint density at radius 3 is 0.868 bits per heavy atom. The molecule has 0 radical (unpaired) electrons. The summed E-state index contributed by atoms with van der Waals surface area (Å²) >= 11 is 0. The SMILES string of the molecule is O=NN1[C@H](c2ccccc2)C2C(=O)C([C@@H]1c1ccccc1)[C@H](c1ccccc1)N(N=O)[C@@H]2c1ccccc1. The van der Waals surface area contributed by atoms with Crippen LogP contribution in [0.3, 0.4) is 0 Å². The largest absolute Gasteiger partial charge is 0.299 e. The van der Waals surface area contributed by atoms with E-state index in [1.54, 1.807) is 10.0 Å². The zero-order valence-corrected chi connectivity index (χ0v) is 20.5. The summed E-state index contributed by atoms with van der Waals surface area (Å²) in [7, 11) is 0. The number of nitroso groups, excluding NO2 is 2. The van der Waals surface area contributed by atoms with Crippen molar-refractivity contribution >= 4 is 5.78 Å². The van der Waals surface area contributed by atoms with Crippen molar-refractivity contribution in [3.8, 4) is 0 Å². The van der Waals surface area contributed by atoms with E-state index in [1.165, 1.54) is 0 Å². The van der Waals surface area contributed by atoms with Crippen molar-refractivity contribution in [3.63, 3.8) is 0 Å². The van der Waals surface area contributed by atoms with Crippen LogP contribution < -0.4 is 0 Å². The molecule has 2 fully saturated rings. The molecule has 2 aliphatic rings. The minimum absolute atomic E-state index is 0.00443. The van der Waals surface area contributed by atoms with Gasteiger partial charge in [-0.25, -0.2) is 10.0 Å². The van der Waals surface area contributed by atoms with Gasteiger partial charge in [0.2, 0.25) is 0 Å². The van der Waals surface area contributed by atoms with E-state index in [4.69, 9.17) is 0 Å². The Labute approximate surface area is 220 Å². The minimum Gasteiger partial charge on any atom is -0.299 e. The third-order valence-corrected chi connectivity index (χ3v) is 7.91. The second-order valence-corrected chi connectivity index (χ2v) is 9.80. The molecule has 2 heterocycles. The van der Waals surface area contributed by atoms with Crippen molar-refractivity contribution in [3.05, 3.63) is 153 Å². The van der Waals surface area contributed by atoms with Crippen molar-refractivity contribution in [1.82, 2.24) is 10.0 Å². The molecule has 4 atom stereocenters. The van der Waals surface area contributed by atoms with E-state index >= 15 is 0 Å². The summed E-state index contributed by atoms with van der Waals surface area (Å²) in [4.78, 5) is 40.3. The van der Waals surface area contributed by atoms with Crippen LogP contribution in [-0.4, -0.2) is 15.8 Å². The Hall–Kier alpha value is -4.65. The minimum atomic E-state index is -0.750. The van der Waals surface area contributed by atoms with Gasteiger partial charge in [-0.1, -0.05) is 121 Å². The van der Waals surface area contributed by atoms with Crippen LogP contribution in [-0.2, 0) is 4.79 Å². The highest BCUT2D eigenvalue weighted by Crippen LogP contribution is 2.60. The molecule has 2 saturated heterocycles. The van der Waals surface area contributed by atoms with Crippen LogP contribution in [0.25, 0.3) is 0 Å². The number of benzene rings is 4. The lowest BCUT2D eigenvalue weighted by Gasteiger charge is -2.57. The Bertz CT molecular complexity index is 1210. The van der Waals surface area contributed by atoms with Crippen LogP contribution >= 0.6 is 0 Å². The van der Waals surface area contributed by atoms with Crippen LogP contribution in [0.5, 0.6) is 0 Å². The predicted octanol–water partition coefficient (Wildman–Crippen LogP) is 6.75. The van der Waals surface area contributed by atoms with E-state index in [0.717, 1.165) is 22.3 Å². The molecule has 0 spiro atoms. The molecule has 0 N–H and O–H groups in total. The average molecular weight is 503 g/mol. The number of piperidine rings is 2. The van der Waals surface area contributed by atoms with Crippen LogP contribution in [0.15, 0.2) is 132 Å². The van der Waals surface area contributed by atoms with Gasteiger partial charge in [0, 0.05) is 0 Å². The third-order valence-electron chi connectivity index (χ3n) is 7.91. The summed E-state index contributed by atoms with van der Waals surface area (Å²) in [5.74, 6) is -1.50. The van der Waals surface area contributed by atoms with E-state index in [9.17, 15) is 14.6 Å². The second kappa shape index (κ2) is 10.0. The van der Waals surface area contributed by atoms with Gasteiger partial charge in [0.1, 0.15) is 5.78 Å². The lowest BCUT2D eigenvalue weighted by molar-refractivity contribution is -0.166. The Kier molecular flexibility index (Phi) is 6.25. The van der Waals surface area contributed by atoms with Gasteiger partial charge in [-0.05, 0) is 22.3 Å². The highest BCUT2D eigenvalue weighted by atomic mass is 16.3. The predicted molar refractivity (Wildman–Crippen MR) is 144 cm³/mol. The van der Waals surface area contributed by atoms with E-state index < -0.39 is 36.0 Å². The monoisotopic (exact) mass is 502 g/mol. The fourth-order valence-electron chi connectivity index (χ4n) is 6.44. The summed E-state index contributed by atoms with van der Waals surface area (Å²) in [5, 5.41) is 10.3.